The average Bonchev–Trinajstić information content (AvgIpc) is 2.97. The molecule has 0 aliphatic heterocycles. The average molecular weight is 548 g/mol. The van der Waals surface area contributed by atoms with Gasteiger partial charge in [0, 0.05) is 12.0 Å². The lowest BCUT2D eigenvalue weighted by Crippen LogP contribution is -2.11. The molecule has 0 heterocycles. The number of carbonyl (C=O) groups is 2. The maximum absolute atomic E-state index is 12.6. The number of rotatable bonds is 21. The summed E-state index contributed by atoms with van der Waals surface area (Å²) in [5, 5.41) is 9.41. The summed E-state index contributed by atoms with van der Waals surface area (Å²) in [4.78, 5) is 24.5. The van der Waals surface area contributed by atoms with E-state index in [2.05, 4.69) is 13.5 Å². The molecule has 0 amide bonds. The second-order valence-electron chi connectivity index (χ2n) is 10.0. The molecule has 2 aromatic carbocycles. The number of ether oxygens (including phenoxy) is 3. The normalized spacial score (nSPS) is 11.3. The van der Waals surface area contributed by atoms with Gasteiger partial charge in [-0.1, -0.05) is 82.9 Å². The van der Waals surface area contributed by atoms with Gasteiger partial charge in [-0.15, -0.1) is 6.58 Å². The van der Waals surface area contributed by atoms with Crippen molar-refractivity contribution in [3.8, 4) is 17.6 Å². The molecule has 6 heteroatoms. The van der Waals surface area contributed by atoms with Crippen LogP contribution in [0.2, 0.25) is 0 Å². The van der Waals surface area contributed by atoms with Crippen LogP contribution >= 0.6 is 0 Å². The number of hydrogen-bond donors (Lipinski definition) is 0. The minimum atomic E-state index is -0.992. The number of hydrogen-bond acceptors (Lipinski definition) is 6. The van der Waals surface area contributed by atoms with Crippen molar-refractivity contribution >= 4 is 11.9 Å². The molecular weight excluding hydrogens is 502 g/mol. The Hall–Kier alpha value is -3.59. The molecular formula is C34H45NO5. The molecule has 40 heavy (non-hydrogen) atoms. The van der Waals surface area contributed by atoms with Crippen LogP contribution in [0.5, 0.6) is 11.5 Å². The third kappa shape index (κ3) is 13.5. The maximum atomic E-state index is 12.6. The second kappa shape index (κ2) is 20.3. The van der Waals surface area contributed by atoms with Crippen LogP contribution in [0.1, 0.15) is 119 Å². The van der Waals surface area contributed by atoms with Crippen molar-refractivity contribution in [3.63, 3.8) is 0 Å². The van der Waals surface area contributed by atoms with Gasteiger partial charge in [0.2, 0.25) is 6.10 Å². The summed E-state index contributed by atoms with van der Waals surface area (Å²) in [5.74, 6) is 0.193. The van der Waals surface area contributed by atoms with Crippen molar-refractivity contribution in [2.45, 2.75) is 103 Å². The van der Waals surface area contributed by atoms with Gasteiger partial charge < -0.3 is 14.2 Å². The molecule has 0 aliphatic rings. The number of benzene rings is 2. The van der Waals surface area contributed by atoms with E-state index < -0.39 is 12.1 Å². The fourth-order valence-electron chi connectivity index (χ4n) is 4.26. The Morgan fingerprint density at radius 3 is 2.02 bits per heavy atom. The third-order valence-corrected chi connectivity index (χ3v) is 6.66. The summed E-state index contributed by atoms with van der Waals surface area (Å²) in [6.45, 7) is 6.48. The zero-order valence-electron chi connectivity index (χ0n) is 24.1. The highest BCUT2D eigenvalue weighted by molar-refractivity contribution is 5.91. The van der Waals surface area contributed by atoms with Gasteiger partial charge in [0.05, 0.1) is 12.2 Å². The van der Waals surface area contributed by atoms with E-state index in [4.69, 9.17) is 14.2 Å². The maximum Gasteiger partial charge on any atom is 0.343 e. The second-order valence-corrected chi connectivity index (χ2v) is 10.0. The minimum Gasteiger partial charge on any atom is -0.494 e. The molecule has 0 unspecified atom stereocenters. The standard InChI is InChI=1S/C34H45NO5/c1-3-5-7-8-9-10-11-12-13-14-16-26-38-30-22-20-29(21-23-30)34(37)39-31-24-18-28(19-25-31)32(27-35)40-33(36)17-15-6-4-2/h3,18-25,32H,1,4-17,26H2,2H3/t32-/m0/s1. The van der Waals surface area contributed by atoms with Gasteiger partial charge in [-0.2, -0.15) is 5.26 Å². The van der Waals surface area contributed by atoms with Crippen molar-refractivity contribution in [1.82, 2.24) is 0 Å². The van der Waals surface area contributed by atoms with Crippen LogP contribution < -0.4 is 9.47 Å². The topological polar surface area (TPSA) is 85.6 Å². The van der Waals surface area contributed by atoms with Crippen molar-refractivity contribution < 1.29 is 23.8 Å². The van der Waals surface area contributed by atoms with Crippen LogP contribution in [0, 0.1) is 11.3 Å². The first kappa shape index (κ1) is 32.6. The molecule has 0 fully saturated rings. The Labute approximate surface area is 240 Å². The van der Waals surface area contributed by atoms with Gasteiger partial charge in [-0.05, 0) is 62.1 Å². The molecule has 6 nitrogen and oxygen atoms in total. The van der Waals surface area contributed by atoms with Gasteiger partial charge in [-0.25, -0.2) is 4.79 Å². The van der Waals surface area contributed by atoms with E-state index in [9.17, 15) is 14.9 Å². The first-order chi connectivity index (χ1) is 19.6. The van der Waals surface area contributed by atoms with Crippen LogP contribution in [0.25, 0.3) is 0 Å². The summed E-state index contributed by atoms with van der Waals surface area (Å²) in [6, 6.07) is 15.3. The number of nitrogens with zero attached hydrogens (tertiary/aromatic N) is 1. The molecule has 2 rings (SSSR count). The van der Waals surface area contributed by atoms with Crippen molar-refractivity contribution in [2.75, 3.05) is 6.61 Å². The highest BCUT2D eigenvalue weighted by Crippen LogP contribution is 2.22. The van der Waals surface area contributed by atoms with Crippen LogP contribution in [-0.4, -0.2) is 18.5 Å². The molecule has 0 spiro atoms. The number of unbranched alkanes of at least 4 members (excludes halogenated alkanes) is 11. The van der Waals surface area contributed by atoms with E-state index in [1.807, 2.05) is 12.1 Å². The van der Waals surface area contributed by atoms with Crippen LogP contribution in [0.4, 0.5) is 0 Å². The Bertz CT molecular complexity index is 1040. The lowest BCUT2D eigenvalue weighted by Gasteiger charge is -2.12. The highest BCUT2D eigenvalue weighted by atomic mass is 16.5. The van der Waals surface area contributed by atoms with E-state index in [1.54, 1.807) is 48.5 Å². The van der Waals surface area contributed by atoms with Gasteiger partial charge in [0.1, 0.15) is 17.6 Å². The predicted octanol–water partition coefficient (Wildman–Crippen LogP) is 9.06. The zero-order valence-corrected chi connectivity index (χ0v) is 24.1. The lowest BCUT2D eigenvalue weighted by molar-refractivity contribution is -0.147. The van der Waals surface area contributed by atoms with E-state index in [1.165, 1.54) is 44.9 Å². The monoisotopic (exact) mass is 547 g/mol. The summed E-state index contributed by atoms with van der Waals surface area (Å²) in [6.07, 6.45) is 16.4. The molecule has 0 radical (unpaired) electrons. The molecule has 1 atom stereocenters. The Morgan fingerprint density at radius 1 is 0.825 bits per heavy atom. The highest BCUT2D eigenvalue weighted by Gasteiger charge is 2.16. The Morgan fingerprint density at radius 2 is 1.43 bits per heavy atom. The fraction of sp³-hybridized carbons (Fsp3) is 0.500. The van der Waals surface area contributed by atoms with Gasteiger partial charge in [0.25, 0.3) is 0 Å². The summed E-state index contributed by atoms with van der Waals surface area (Å²) in [7, 11) is 0. The van der Waals surface area contributed by atoms with Crippen molar-refractivity contribution in [2.24, 2.45) is 0 Å². The molecule has 216 valence electrons. The molecule has 0 bridgehead atoms. The fourth-order valence-corrected chi connectivity index (χ4v) is 4.26. The minimum absolute atomic E-state index is 0.295. The molecule has 0 aliphatic carbocycles. The summed E-state index contributed by atoms with van der Waals surface area (Å²) < 4.78 is 16.6. The van der Waals surface area contributed by atoms with E-state index in [-0.39, 0.29) is 5.97 Å². The Balaban J connectivity index is 1.67. The van der Waals surface area contributed by atoms with Gasteiger partial charge in [0.15, 0.2) is 0 Å². The molecule has 0 saturated heterocycles. The first-order valence-corrected chi connectivity index (χ1v) is 14.8. The molecule has 0 N–H and O–H groups in total. The van der Waals surface area contributed by atoms with Crippen molar-refractivity contribution in [3.05, 3.63) is 72.3 Å². The summed E-state index contributed by atoms with van der Waals surface area (Å²) in [5.41, 5.74) is 0.944. The smallest absolute Gasteiger partial charge is 0.343 e. The number of esters is 2. The first-order valence-electron chi connectivity index (χ1n) is 14.8. The number of nitriles is 1. The van der Waals surface area contributed by atoms with Crippen LogP contribution in [0.15, 0.2) is 61.2 Å². The zero-order chi connectivity index (χ0) is 28.8. The largest absolute Gasteiger partial charge is 0.494 e. The van der Waals surface area contributed by atoms with Gasteiger partial charge in [-0.3, -0.25) is 4.79 Å². The van der Waals surface area contributed by atoms with E-state index >= 15 is 0 Å². The summed E-state index contributed by atoms with van der Waals surface area (Å²) >= 11 is 0. The third-order valence-electron chi connectivity index (χ3n) is 6.66. The predicted molar refractivity (Wildman–Crippen MR) is 158 cm³/mol. The number of allylic oxidation sites excluding steroid dienone is 1. The van der Waals surface area contributed by atoms with Crippen molar-refractivity contribution in [1.29, 1.82) is 5.26 Å². The SMILES string of the molecule is C=CCCCCCCCCCCCOc1ccc(C(=O)Oc2ccc([C@H](C#N)OC(=O)CCCCC)cc2)cc1. The van der Waals surface area contributed by atoms with E-state index in [0.717, 1.165) is 44.3 Å². The van der Waals surface area contributed by atoms with Crippen LogP contribution in [0.3, 0.4) is 0 Å². The molecule has 2 aromatic rings. The lowest BCUT2D eigenvalue weighted by atomic mass is 10.1. The Kier molecular flexibility index (Phi) is 16.6. The molecule has 0 saturated carbocycles. The van der Waals surface area contributed by atoms with E-state index in [0.29, 0.717) is 29.9 Å². The number of carbonyl (C=O) groups excluding carboxylic acids is 2. The molecule has 0 aromatic heterocycles. The van der Waals surface area contributed by atoms with Gasteiger partial charge >= 0.3 is 11.9 Å². The quantitative estimate of drug-likeness (QED) is 0.0670. The van der Waals surface area contributed by atoms with Crippen LogP contribution in [-0.2, 0) is 9.53 Å².